The summed E-state index contributed by atoms with van der Waals surface area (Å²) in [6.45, 7) is 1.83. The Labute approximate surface area is 237 Å². The molecule has 0 saturated carbocycles. The molecule has 0 bridgehead atoms. The Morgan fingerprint density at radius 1 is 1.14 bits per heavy atom. The highest BCUT2D eigenvalue weighted by atomic mass is 127. The van der Waals surface area contributed by atoms with Crippen LogP contribution in [0.15, 0.2) is 65.6 Å². The van der Waals surface area contributed by atoms with E-state index in [1.165, 1.54) is 12.0 Å². The highest BCUT2D eigenvalue weighted by molar-refractivity contribution is 14.1. The van der Waals surface area contributed by atoms with Gasteiger partial charge in [0.1, 0.15) is 0 Å². The standard InChI is InChI=1S/C27H22ClIN2O5S/c1-16-6-5-8-19(10-16)30-24(32)15-36-25-21(29)11-17(12-22(25)35-2)13-23-26(33)31(27(34)37-23)14-18-7-3-4-9-20(18)28/h3-13H,14-15H2,1-2H3,(H,30,32)/b23-13-. The highest BCUT2D eigenvalue weighted by Crippen LogP contribution is 2.38. The Bertz CT molecular complexity index is 1410. The average molecular weight is 649 g/mol. The number of nitrogens with zero attached hydrogens (tertiary/aromatic N) is 1. The molecule has 3 aromatic rings. The molecule has 4 rings (SSSR count). The van der Waals surface area contributed by atoms with Crippen molar-refractivity contribution in [2.24, 2.45) is 0 Å². The number of carbonyl (C=O) groups is 3. The highest BCUT2D eigenvalue weighted by Gasteiger charge is 2.35. The van der Waals surface area contributed by atoms with Gasteiger partial charge in [0.05, 0.1) is 22.1 Å². The smallest absolute Gasteiger partial charge is 0.293 e. The fourth-order valence-electron chi connectivity index (χ4n) is 3.61. The number of amides is 3. The van der Waals surface area contributed by atoms with E-state index in [2.05, 4.69) is 27.9 Å². The third-order valence-corrected chi connectivity index (χ3v) is 7.44. The fourth-order valence-corrected chi connectivity index (χ4v) is 5.42. The van der Waals surface area contributed by atoms with Crippen LogP contribution in [0.4, 0.5) is 10.5 Å². The Hall–Kier alpha value is -3.02. The van der Waals surface area contributed by atoms with Crippen LogP contribution in [-0.2, 0) is 16.1 Å². The molecule has 0 radical (unpaired) electrons. The molecule has 0 aromatic heterocycles. The number of aryl methyl sites for hydroxylation is 1. The summed E-state index contributed by atoms with van der Waals surface area (Å²) in [5.41, 5.74) is 3.07. The summed E-state index contributed by atoms with van der Waals surface area (Å²) in [7, 11) is 1.49. The molecule has 190 valence electrons. The maximum atomic E-state index is 13.0. The van der Waals surface area contributed by atoms with Gasteiger partial charge < -0.3 is 14.8 Å². The molecule has 3 aromatic carbocycles. The summed E-state index contributed by atoms with van der Waals surface area (Å²) >= 11 is 9.15. The van der Waals surface area contributed by atoms with Gasteiger partial charge in [-0.1, -0.05) is 41.9 Å². The molecule has 7 nitrogen and oxygen atoms in total. The van der Waals surface area contributed by atoms with Crippen molar-refractivity contribution in [1.82, 2.24) is 4.90 Å². The van der Waals surface area contributed by atoms with Gasteiger partial charge in [-0.15, -0.1) is 0 Å². The lowest BCUT2D eigenvalue weighted by atomic mass is 10.1. The van der Waals surface area contributed by atoms with Crippen LogP contribution < -0.4 is 14.8 Å². The van der Waals surface area contributed by atoms with Crippen LogP contribution in [0.5, 0.6) is 11.5 Å². The molecule has 1 heterocycles. The quantitative estimate of drug-likeness (QED) is 0.221. The average Bonchev–Trinajstić information content (AvgIpc) is 3.11. The van der Waals surface area contributed by atoms with Crippen molar-refractivity contribution >= 4 is 74.8 Å². The van der Waals surface area contributed by atoms with Gasteiger partial charge in [-0.3, -0.25) is 19.3 Å². The summed E-state index contributed by atoms with van der Waals surface area (Å²) in [4.78, 5) is 39.3. The minimum atomic E-state index is -0.392. The molecule has 1 fully saturated rings. The molecule has 3 amide bonds. The number of hydrogen-bond acceptors (Lipinski definition) is 6. The summed E-state index contributed by atoms with van der Waals surface area (Å²) < 4.78 is 11.9. The van der Waals surface area contributed by atoms with Gasteiger partial charge in [0.15, 0.2) is 18.1 Å². The normalized spacial score (nSPS) is 14.3. The number of ether oxygens (including phenoxy) is 2. The van der Waals surface area contributed by atoms with E-state index in [1.54, 1.807) is 48.5 Å². The molecule has 0 atom stereocenters. The number of halogens is 2. The summed E-state index contributed by atoms with van der Waals surface area (Å²) in [6.07, 6.45) is 1.64. The van der Waals surface area contributed by atoms with Gasteiger partial charge in [-0.25, -0.2) is 0 Å². The first-order chi connectivity index (χ1) is 17.7. The number of anilines is 1. The van der Waals surface area contributed by atoms with Crippen LogP contribution >= 0.6 is 46.0 Å². The lowest BCUT2D eigenvalue weighted by Gasteiger charge is -2.14. The summed E-state index contributed by atoms with van der Waals surface area (Å²) in [5, 5.41) is 2.93. The largest absolute Gasteiger partial charge is 0.493 e. The minimum Gasteiger partial charge on any atom is -0.493 e. The second kappa shape index (κ2) is 12.0. The number of rotatable bonds is 8. The molecular weight excluding hydrogens is 627 g/mol. The van der Waals surface area contributed by atoms with Crippen LogP contribution in [-0.4, -0.2) is 35.7 Å². The van der Waals surface area contributed by atoms with Crippen molar-refractivity contribution in [3.8, 4) is 11.5 Å². The predicted molar refractivity (Wildman–Crippen MR) is 154 cm³/mol. The molecule has 10 heteroatoms. The lowest BCUT2D eigenvalue weighted by molar-refractivity contribution is -0.123. The van der Waals surface area contributed by atoms with Crippen molar-refractivity contribution in [2.75, 3.05) is 19.0 Å². The van der Waals surface area contributed by atoms with Gasteiger partial charge in [0.2, 0.25) is 0 Å². The van der Waals surface area contributed by atoms with Crippen LogP contribution in [0.2, 0.25) is 5.02 Å². The van der Waals surface area contributed by atoms with Crippen LogP contribution in [0.25, 0.3) is 6.08 Å². The van der Waals surface area contributed by atoms with E-state index in [-0.39, 0.29) is 24.3 Å². The first-order valence-corrected chi connectivity index (χ1v) is 13.4. The van der Waals surface area contributed by atoms with Crippen LogP contribution in [0.1, 0.15) is 16.7 Å². The van der Waals surface area contributed by atoms with Gasteiger partial charge in [-0.2, -0.15) is 0 Å². The lowest BCUT2D eigenvalue weighted by Crippen LogP contribution is -2.27. The Kier molecular flexibility index (Phi) is 8.78. The zero-order valence-corrected chi connectivity index (χ0v) is 23.6. The number of benzene rings is 3. The summed E-state index contributed by atoms with van der Waals surface area (Å²) in [6, 6.07) is 18.1. The van der Waals surface area contributed by atoms with E-state index in [1.807, 2.05) is 25.1 Å². The third kappa shape index (κ3) is 6.65. The van der Waals surface area contributed by atoms with Gasteiger partial charge in [-0.05, 0) is 94.4 Å². The molecule has 0 unspecified atom stereocenters. The molecule has 1 saturated heterocycles. The fraction of sp³-hybridized carbons (Fsp3) is 0.148. The zero-order valence-electron chi connectivity index (χ0n) is 19.9. The molecule has 1 N–H and O–H groups in total. The van der Waals surface area contributed by atoms with E-state index < -0.39 is 5.91 Å². The number of imide groups is 1. The van der Waals surface area contributed by atoms with Crippen molar-refractivity contribution in [3.63, 3.8) is 0 Å². The second-order valence-electron chi connectivity index (χ2n) is 8.10. The van der Waals surface area contributed by atoms with E-state index in [0.29, 0.717) is 41.8 Å². The second-order valence-corrected chi connectivity index (χ2v) is 10.7. The number of carbonyl (C=O) groups excluding carboxylic acids is 3. The first-order valence-electron chi connectivity index (χ1n) is 11.1. The third-order valence-electron chi connectivity index (χ3n) is 5.36. The van der Waals surface area contributed by atoms with Crippen LogP contribution in [0.3, 0.4) is 0 Å². The van der Waals surface area contributed by atoms with Gasteiger partial charge in [0.25, 0.3) is 17.1 Å². The van der Waals surface area contributed by atoms with Crippen molar-refractivity contribution in [3.05, 3.63) is 90.9 Å². The topological polar surface area (TPSA) is 84.9 Å². The Balaban J connectivity index is 1.47. The maximum Gasteiger partial charge on any atom is 0.293 e. The van der Waals surface area contributed by atoms with Crippen molar-refractivity contribution in [1.29, 1.82) is 0 Å². The predicted octanol–water partition coefficient (Wildman–Crippen LogP) is 6.52. The van der Waals surface area contributed by atoms with Crippen molar-refractivity contribution in [2.45, 2.75) is 13.5 Å². The Morgan fingerprint density at radius 2 is 1.92 bits per heavy atom. The Morgan fingerprint density at radius 3 is 2.65 bits per heavy atom. The number of methoxy groups -OCH3 is 1. The van der Waals surface area contributed by atoms with Gasteiger partial charge >= 0.3 is 0 Å². The van der Waals surface area contributed by atoms with E-state index >= 15 is 0 Å². The number of hydrogen-bond donors (Lipinski definition) is 1. The van der Waals surface area contributed by atoms with E-state index in [0.717, 1.165) is 17.3 Å². The van der Waals surface area contributed by atoms with Gasteiger partial charge in [0, 0.05) is 10.7 Å². The zero-order chi connectivity index (χ0) is 26.5. The SMILES string of the molecule is COc1cc(/C=C2\SC(=O)N(Cc3ccccc3Cl)C2=O)cc(I)c1OCC(=O)Nc1cccc(C)c1. The molecular formula is C27H22ClIN2O5S. The number of nitrogens with one attached hydrogen (secondary N) is 1. The molecule has 37 heavy (non-hydrogen) atoms. The number of thioether (sulfide) groups is 1. The molecule has 1 aliphatic heterocycles. The molecule has 0 aliphatic carbocycles. The molecule has 1 aliphatic rings. The monoisotopic (exact) mass is 648 g/mol. The molecule has 0 spiro atoms. The van der Waals surface area contributed by atoms with Crippen molar-refractivity contribution < 1.29 is 23.9 Å². The maximum absolute atomic E-state index is 13.0. The first kappa shape index (κ1) is 27.0. The minimum absolute atomic E-state index is 0.0972. The van der Waals surface area contributed by atoms with E-state index in [4.69, 9.17) is 21.1 Å². The van der Waals surface area contributed by atoms with E-state index in [9.17, 15) is 14.4 Å². The van der Waals surface area contributed by atoms with Crippen LogP contribution in [0, 0.1) is 10.5 Å². The summed E-state index contributed by atoms with van der Waals surface area (Å²) in [5.74, 6) is 0.111.